The number of hydrogen-bond donors (Lipinski definition) is 2. The van der Waals surface area contributed by atoms with Gasteiger partial charge in [-0.15, -0.1) is 0 Å². The fraction of sp³-hybridized carbons (Fsp3) is 0.278. The largest absolute Gasteiger partial charge is 0.348 e. The van der Waals surface area contributed by atoms with Gasteiger partial charge in [-0.1, -0.05) is 29.8 Å². The summed E-state index contributed by atoms with van der Waals surface area (Å²) in [6.45, 7) is 2.03. The van der Waals surface area contributed by atoms with E-state index in [4.69, 9.17) is 11.6 Å². The first kappa shape index (κ1) is 20.4. The van der Waals surface area contributed by atoms with E-state index in [1.54, 1.807) is 36.3 Å². The molecule has 2 amide bonds. The standard InChI is InChI=1S/C18H20BrClN4O2/c1-12(14-5-3-4-6-15(14)20)22-17(25)10-24(2)11-18(26)23-16-8-7-13(19)9-21-16/h3-9,12H,10-11H2,1-2H3,(H,22,25)(H,21,23,26). The smallest absolute Gasteiger partial charge is 0.239 e. The molecule has 8 heteroatoms. The van der Waals surface area contributed by atoms with Crippen molar-refractivity contribution in [1.29, 1.82) is 0 Å². The lowest BCUT2D eigenvalue weighted by molar-refractivity contribution is -0.123. The van der Waals surface area contributed by atoms with Crippen LogP contribution in [0.5, 0.6) is 0 Å². The van der Waals surface area contributed by atoms with Crippen molar-refractivity contribution in [2.75, 3.05) is 25.5 Å². The lowest BCUT2D eigenvalue weighted by Gasteiger charge is -2.19. The second-order valence-electron chi connectivity index (χ2n) is 5.89. The van der Waals surface area contributed by atoms with Crippen LogP contribution in [0.15, 0.2) is 47.1 Å². The maximum Gasteiger partial charge on any atom is 0.239 e. The molecule has 26 heavy (non-hydrogen) atoms. The number of halogens is 2. The van der Waals surface area contributed by atoms with Gasteiger partial charge in [-0.25, -0.2) is 4.98 Å². The second kappa shape index (κ2) is 9.66. The van der Waals surface area contributed by atoms with Crippen molar-refractivity contribution < 1.29 is 9.59 Å². The third-order valence-corrected chi connectivity index (χ3v) is 4.38. The number of aromatic nitrogens is 1. The molecular formula is C18H20BrClN4O2. The number of amides is 2. The molecule has 1 unspecified atom stereocenters. The van der Waals surface area contributed by atoms with Crippen molar-refractivity contribution in [2.24, 2.45) is 0 Å². The van der Waals surface area contributed by atoms with Crippen molar-refractivity contribution in [3.8, 4) is 0 Å². The Balaban J connectivity index is 1.80. The number of nitrogens with zero attached hydrogens (tertiary/aromatic N) is 2. The molecular weight excluding hydrogens is 420 g/mol. The van der Waals surface area contributed by atoms with Crippen LogP contribution in [0, 0.1) is 0 Å². The summed E-state index contributed by atoms with van der Waals surface area (Å²) < 4.78 is 0.830. The number of nitrogens with one attached hydrogen (secondary N) is 2. The lowest BCUT2D eigenvalue weighted by atomic mass is 10.1. The monoisotopic (exact) mass is 438 g/mol. The summed E-state index contributed by atoms with van der Waals surface area (Å²) in [5.41, 5.74) is 0.851. The summed E-state index contributed by atoms with van der Waals surface area (Å²) in [6, 6.07) is 10.6. The van der Waals surface area contributed by atoms with Crippen LogP contribution in [0.3, 0.4) is 0 Å². The molecule has 2 rings (SSSR count). The van der Waals surface area contributed by atoms with Crippen LogP contribution in [0.25, 0.3) is 0 Å². The molecule has 0 radical (unpaired) electrons. The quantitative estimate of drug-likeness (QED) is 0.694. The van der Waals surface area contributed by atoms with Crippen LogP contribution < -0.4 is 10.6 Å². The predicted octanol–water partition coefficient (Wildman–Crippen LogP) is 3.25. The summed E-state index contributed by atoms with van der Waals surface area (Å²) >= 11 is 9.42. The number of anilines is 1. The summed E-state index contributed by atoms with van der Waals surface area (Å²) in [5, 5.41) is 6.17. The molecule has 6 nitrogen and oxygen atoms in total. The fourth-order valence-electron chi connectivity index (χ4n) is 2.37. The third-order valence-electron chi connectivity index (χ3n) is 3.57. The van der Waals surface area contributed by atoms with Gasteiger partial charge in [-0.3, -0.25) is 14.5 Å². The average molecular weight is 440 g/mol. The fourth-order valence-corrected chi connectivity index (χ4v) is 2.90. The third kappa shape index (κ3) is 6.40. The Morgan fingerprint density at radius 3 is 2.54 bits per heavy atom. The van der Waals surface area contributed by atoms with Crippen molar-refractivity contribution >= 4 is 45.2 Å². The van der Waals surface area contributed by atoms with Gasteiger partial charge in [0.15, 0.2) is 0 Å². The first-order valence-electron chi connectivity index (χ1n) is 7.99. The van der Waals surface area contributed by atoms with Gasteiger partial charge in [-0.05, 0) is 53.7 Å². The number of pyridine rings is 1. The number of carbonyl (C=O) groups excluding carboxylic acids is 2. The Hall–Kier alpha value is -1.96. The normalized spacial score (nSPS) is 11.9. The molecule has 1 aromatic carbocycles. The molecule has 2 aromatic rings. The van der Waals surface area contributed by atoms with E-state index in [-0.39, 0.29) is 30.9 Å². The Morgan fingerprint density at radius 1 is 1.19 bits per heavy atom. The second-order valence-corrected chi connectivity index (χ2v) is 7.22. The molecule has 1 aromatic heterocycles. The summed E-state index contributed by atoms with van der Waals surface area (Å²) in [7, 11) is 1.70. The topological polar surface area (TPSA) is 74.3 Å². The Morgan fingerprint density at radius 2 is 1.88 bits per heavy atom. The lowest BCUT2D eigenvalue weighted by Crippen LogP contribution is -2.39. The van der Waals surface area contributed by atoms with Crippen molar-refractivity contribution in [2.45, 2.75) is 13.0 Å². The van der Waals surface area contributed by atoms with Gasteiger partial charge >= 0.3 is 0 Å². The van der Waals surface area contributed by atoms with Crippen LogP contribution in [0.4, 0.5) is 5.82 Å². The molecule has 0 bridgehead atoms. The summed E-state index contributed by atoms with van der Waals surface area (Å²) in [5.74, 6) is 0.0344. The molecule has 0 aliphatic rings. The van der Waals surface area contributed by atoms with E-state index in [1.807, 2.05) is 25.1 Å². The molecule has 0 aliphatic heterocycles. The summed E-state index contributed by atoms with van der Waals surface area (Å²) in [6.07, 6.45) is 1.60. The SMILES string of the molecule is CC(NC(=O)CN(C)CC(=O)Nc1ccc(Br)cn1)c1ccccc1Cl. The number of rotatable bonds is 7. The zero-order valence-corrected chi connectivity index (χ0v) is 16.8. The summed E-state index contributed by atoms with van der Waals surface area (Å²) in [4.78, 5) is 29.9. The number of likely N-dealkylation sites (N-methyl/N-ethyl adjacent to an activating group) is 1. The molecule has 0 aliphatic carbocycles. The highest BCUT2D eigenvalue weighted by atomic mass is 79.9. The number of benzene rings is 1. The van der Waals surface area contributed by atoms with Gasteiger partial charge in [-0.2, -0.15) is 0 Å². The molecule has 138 valence electrons. The van der Waals surface area contributed by atoms with Crippen LogP contribution in [0.1, 0.15) is 18.5 Å². The van der Waals surface area contributed by atoms with E-state index in [1.165, 1.54) is 0 Å². The molecule has 0 spiro atoms. The minimum absolute atomic E-state index is 0.0750. The van der Waals surface area contributed by atoms with E-state index in [0.29, 0.717) is 10.8 Å². The average Bonchev–Trinajstić information content (AvgIpc) is 2.56. The minimum Gasteiger partial charge on any atom is -0.348 e. The minimum atomic E-state index is -0.241. The highest BCUT2D eigenvalue weighted by Crippen LogP contribution is 2.21. The number of hydrogen-bond acceptors (Lipinski definition) is 4. The Bertz CT molecular complexity index is 770. The molecule has 0 saturated carbocycles. The first-order chi connectivity index (χ1) is 12.3. The Kier molecular flexibility index (Phi) is 7.56. The van der Waals surface area contributed by atoms with E-state index in [2.05, 4.69) is 31.5 Å². The molecule has 1 atom stereocenters. The molecule has 0 saturated heterocycles. The highest BCUT2D eigenvalue weighted by Gasteiger charge is 2.15. The van der Waals surface area contributed by atoms with Crippen LogP contribution in [-0.2, 0) is 9.59 Å². The van der Waals surface area contributed by atoms with Crippen LogP contribution in [0.2, 0.25) is 5.02 Å². The van der Waals surface area contributed by atoms with Crippen molar-refractivity contribution in [3.05, 3.63) is 57.7 Å². The van der Waals surface area contributed by atoms with Gasteiger partial charge in [0.05, 0.1) is 19.1 Å². The van der Waals surface area contributed by atoms with Gasteiger partial charge in [0, 0.05) is 15.7 Å². The van der Waals surface area contributed by atoms with Crippen molar-refractivity contribution in [3.63, 3.8) is 0 Å². The number of carbonyl (C=O) groups is 2. The maximum atomic E-state index is 12.2. The predicted molar refractivity (Wildman–Crippen MR) is 106 cm³/mol. The van der Waals surface area contributed by atoms with E-state index in [9.17, 15) is 9.59 Å². The Labute approximate surface area is 166 Å². The van der Waals surface area contributed by atoms with Crippen LogP contribution in [-0.4, -0.2) is 41.8 Å². The van der Waals surface area contributed by atoms with Crippen molar-refractivity contribution in [1.82, 2.24) is 15.2 Å². The zero-order chi connectivity index (χ0) is 19.1. The van der Waals surface area contributed by atoms with Gasteiger partial charge in [0.2, 0.25) is 11.8 Å². The molecule has 0 fully saturated rings. The molecule has 1 heterocycles. The first-order valence-corrected chi connectivity index (χ1v) is 9.16. The molecule has 2 N–H and O–H groups in total. The highest BCUT2D eigenvalue weighted by molar-refractivity contribution is 9.10. The van der Waals surface area contributed by atoms with Crippen LogP contribution >= 0.6 is 27.5 Å². The van der Waals surface area contributed by atoms with Gasteiger partial charge in [0.1, 0.15) is 5.82 Å². The van der Waals surface area contributed by atoms with E-state index < -0.39 is 0 Å². The van der Waals surface area contributed by atoms with Gasteiger partial charge in [0.25, 0.3) is 0 Å². The van der Waals surface area contributed by atoms with E-state index in [0.717, 1.165) is 10.0 Å². The van der Waals surface area contributed by atoms with E-state index >= 15 is 0 Å². The zero-order valence-electron chi connectivity index (χ0n) is 14.5. The maximum absolute atomic E-state index is 12.2. The van der Waals surface area contributed by atoms with Gasteiger partial charge < -0.3 is 10.6 Å².